The van der Waals surface area contributed by atoms with E-state index in [0.717, 1.165) is 11.8 Å². The molecule has 1 heterocycles. The molecule has 1 N–H and O–H groups in total. The lowest BCUT2D eigenvalue weighted by atomic mass is 10.2. The predicted molar refractivity (Wildman–Crippen MR) is 73.5 cm³/mol. The minimum atomic E-state index is -0.387. The second-order valence-corrected chi connectivity index (χ2v) is 4.07. The monoisotopic (exact) mass is 271 g/mol. The SMILES string of the molecule is OCCC#Cc1ccccc1OCc1cncc(F)c1. The van der Waals surface area contributed by atoms with Crippen LogP contribution in [0, 0.1) is 17.7 Å². The van der Waals surface area contributed by atoms with Crippen molar-refractivity contribution in [1.82, 2.24) is 4.98 Å². The van der Waals surface area contributed by atoms with E-state index in [-0.39, 0.29) is 19.0 Å². The van der Waals surface area contributed by atoms with Gasteiger partial charge in [0, 0.05) is 18.2 Å². The highest BCUT2D eigenvalue weighted by Gasteiger charge is 2.02. The largest absolute Gasteiger partial charge is 0.488 e. The molecule has 0 fully saturated rings. The summed E-state index contributed by atoms with van der Waals surface area (Å²) in [5.41, 5.74) is 1.40. The zero-order valence-electron chi connectivity index (χ0n) is 10.8. The summed E-state index contributed by atoms with van der Waals surface area (Å²) in [7, 11) is 0. The molecule has 0 saturated heterocycles. The molecule has 1 aromatic heterocycles. The van der Waals surface area contributed by atoms with Gasteiger partial charge in [-0.3, -0.25) is 4.98 Å². The molecule has 20 heavy (non-hydrogen) atoms. The predicted octanol–water partition coefficient (Wildman–Crippen LogP) is 2.53. The quantitative estimate of drug-likeness (QED) is 0.869. The number of halogens is 1. The number of aromatic nitrogens is 1. The fourth-order valence-corrected chi connectivity index (χ4v) is 1.61. The molecule has 0 aliphatic heterocycles. The Morgan fingerprint density at radius 1 is 1.25 bits per heavy atom. The topological polar surface area (TPSA) is 42.4 Å². The lowest BCUT2D eigenvalue weighted by Gasteiger charge is -2.08. The van der Waals surface area contributed by atoms with Crippen molar-refractivity contribution in [3.63, 3.8) is 0 Å². The van der Waals surface area contributed by atoms with Gasteiger partial charge in [-0.05, 0) is 18.2 Å². The van der Waals surface area contributed by atoms with Gasteiger partial charge in [-0.15, -0.1) is 0 Å². The third-order valence-electron chi connectivity index (χ3n) is 2.50. The van der Waals surface area contributed by atoms with Crippen LogP contribution in [0.1, 0.15) is 17.5 Å². The zero-order valence-corrected chi connectivity index (χ0v) is 10.8. The van der Waals surface area contributed by atoms with Gasteiger partial charge in [-0.1, -0.05) is 24.0 Å². The van der Waals surface area contributed by atoms with E-state index in [0.29, 0.717) is 17.7 Å². The molecule has 0 saturated carbocycles. The molecule has 0 amide bonds. The third-order valence-corrected chi connectivity index (χ3v) is 2.50. The van der Waals surface area contributed by atoms with Crippen LogP contribution in [-0.4, -0.2) is 16.7 Å². The van der Waals surface area contributed by atoms with Crippen molar-refractivity contribution in [2.75, 3.05) is 6.61 Å². The van der Waals surface area contributed by atoms with Crippen LogP contribution in [0.3, 0.4) is 0 Å². The van der Waals surface area contributed by atoms with Crippen molar-refractivity contribution in [1.29, 1.82) is 0 Å². The first-order valence-electron chi connectivity index (χ1n) is 6.20. The molecule has 0 atom stereocenters. The Balaban J connectivity index is 2.08. The second-order valence-electron chi connectivity index (χ2n) is 4.07. The Morgan fingerprint density at radius 3 is 2.90 bits per heavy atom. The van der Waals surface area contributed by atoms with E-state index in [2.05, 4.69) is 16.8 Å². The maximum atomic E-state index is 13.0. The third kappa shape index (κ3) is 4.08. The van der Waals surface area contributed by atoms with Gasteiger partial charge in [-0.2, -0.15) is 0 Å². The van der Waals surface area contributed by atoms with Crippen molar-refractivity contribution >= 4 is 0 Å². The number of aliphatic hydroxyl groups excluding tert-OH is 1. The highest BCUT2D eigenvalue weighted by atomic mass is 19.1. The Hall–Kier alpha value is -2.38. The van der Waals surface area contributed by atoms with Crippen molar-refractivity contribution in [3.05, 3.63) is 59.7 Å². The molecule has 0 unspecified atom stereocenters. The number of para-hydroxylation sites is 1. The Bertz CT molecular complexity index is 632. The Kier molecular flexibility index (Phi) is 5.10. The molecular formula is C16H14FNO2. The first-order valence-corrected chi connectivity index (χ1v) is 6.20. The maximum Gasteiger partial charge on any atom is 0.141 e. The molecule has 0 spiro atoms. The minimum absolute atomic E-state index is 0.0327. The van der Waals surface area contributed by atoms with Gasteiger partial charge in [0.2, 0.25) is 0 Å². The summed E-state index contributed by atoms with van der Waals surface area (Å²) >= 11 is 0. The fourth-order valence-electron chi connectivity index (χ4n) is 1.61. The van der Waals surface area contributed by atoms with Crippen molar-refractivity contribution in [2.45, 2.75) is 13.0 Å². The summed E-state index contributed by atoms with van der Waals surface area (Å²) < 4.78 is 18.7. The molecule has 2 rings (SSSR count). The summed E-state index contributed by atoms with van der Waals surface area (Å²) in [5.74, 6) is 6.02. The number of hydrogen-bond acceptors (Lipinski definition) is 3. The molecule has 0 radical (unpaired) electrons. The molecule has 0 bridgehead atoms. The number of benzene rings is 1. The summed E-state index contributed by atoms with van der Waals surface area (Å²) in [6.07, 6.45) is 3.13. The van der Waals surface area contributed by atoms with E-state index in [1.54, 1.807) is 12.3 Å². The van der Waals surface area contributed by atoms with Crippen LogP contribution >= 0.6 is 0 Å². The average Bonchev–Trinajstić information content (AvgIpc) is 2.47. The Labute approximate surface area is 117 Å². The first-order chi connectivity index (χ1) is 9.79. The van der Waals surface area contributed by atoms with Crippen LogP contribution in [0.4, 0.5) is 4.39 Å². The molecule has 0 aliphatic carbocycles. The molecule has 2 aromatic rings. The van der Waals surface area contributed by atoms with Gasteiger partial charge >= 0.3 is 0 Å². The zero-order chi connectivity index (χ0) is 14.2. The smallest absolute Gasteiger partial charge is 0.141 e. The number of pyridine rings is 1. The van der Waals surface area contributed by atoms with Crippen LogP contribution < -0.4 is 4.74 Å². The lowest BCUT2D eigenvalue weighted by Crippen LogP contribution is -1.98. The lowest BCUT2D eigenvalue weighted by molar-refractivity contribution is 0.303. The first kappa shape index (κ1) is 14.0. The van der Waals surface area contributed by atoms with Crippen molar-refractivity contribution in [3.8, 4) is 17.6 Å². The minimum Gasteiger partial charge on any atom is -0.488 e. The number of aliphatic hydroxyl groups is 1. The summed E-state index contributed by atoms with van der Waals surface area (Å²) in [5, 5.41) is 8.72. The van der Waals surface area contributed by atoms with E-state index in [9.17, 15) is 4.39 Å². The van der Waals surface area contributed by atoms with Gasteiger partial charge in [-0.25, -0.2) is 4.39 Å². The molecular weight excluding hydrogens is 257 g/mol. The molecule has 3 nitrogen and oxygen atoms in total. The van der Waals surface area contributed by atoms with E-state index >= 15 is 0 Å². The van der Waals surface area contributed by atoms with E-state index in [4.69, 9.17) is 9.84 Å². The number of nitrogens with zero attached hydrogens (tertiary/aromatic N) is 1. The van der Waals surface area contributed by atoms with Crippen LogP contribution in [0.25, 0.3) is 0 Å². The molecule has 0 aliphatic rings. The summed E-state index contributed by atoms with van der Waals surface area (Å²) in [4.78, 5) is 3.77. The van der Waals surface area contributed by atoms with Gasteiger partial charge < -0.3 is 9.84 Å². The van der Waals surface area contributed by atoms with Gasteiger partial charge in [0.05, 0.1) is 18.4 Å². The van der Waals surface area contributed by atoms with Gasteiger partial charge in [0.15, 0.2) is 0 Å². The number of hydrogen-bond donors (Lipinski definition) is 1. The van der Waals surface area contributed by atoms with Crippen LogP contribution in [0.15, 0.2) is 42.7 Å². The van der Waals surface area contributed by atoms with Crippen LogP contribution in [0.5, 0.6) is 5.75 Å². The standard InChI is InChI=1S/C16H14FNO2/c17-15-9-13(10-18-11-15)12-20-16-7-2-1-5-14(16)6-3-4-8-19/h1-2,5,7,9-11,19H,4,8,12H2. The van der Waals surface area contributed by atoms with Crippen molar-refractivity contribution in [2.24, 2.45) is 0 Å². The number of ether oxygens (including phenoxy) is 1. The second kappa shape index (κ2) is 7.27. The van der Waals surface area contributed by atoms with E-state index in [1.165, 1.54) is 6.07 Å². The highest BCUT2D eigenvalue weighted by molar-refractivity contribution is 5.45. The molecule has 1 aromatic carbocycles. The molecule has 4 heteroatoms. The van der Waals surface area contributed by atoms with Crippen LogP contribution in [0.2, 0.25) is 0 Å². The molecule has 102 valence electrons. The van der Waals surface area contributed by atoms with E-state index < -0.39 is 0 Å². The summed E-state index contributed by atoms with van der Waals surface area (Å²) in [6.45, 7) is 0.258. The average molecular weight is 271 g/mol. The van der Waals surface area contributed by atoms with Gasteiger partial charge in [0.1, 0.15) is 18.2 Å². The van der Waals surface area contributed by atoms with Crippen molar-refractivity contribution < 1.29 is 14.2 Å². The van der Waals surface area contributed by atoms with E-state index in [1.807, 2.05) is 18.2 Å². The van der Waals surface area contributed by atoms with Crippen LogP contribution in [-0.2, 0) is 6.61 Å². The Morgan fingerprint density at radius 2 is 2.10 bits per heavy atom. The van der Waals surface area contributed by atoms with Gasteiger partial charge in [0.25, 0.3) is 0 Å². The highest BCUT2D eigenvalue weighted by Crippen LogP contribution is 2.18. The maximum absolute atomic E-state index is 13.0. The summed E-state index contributed by atoms with van der Waals surface area (Å²) in [6, 6.07) is 8.72. The fraction of sp³-hybridized carbons (Fsp3) is 0.188. The number of rotatable bonds is 4. The normalized spacial score (nSPS) is 9.70.